The zero-order valence-electron chi connectivity index (χ0n) is 14.2. The first-order chi connectivity index (χ1) is 11.5. The van der Waals surface area contributed by atoms with Crippen molar-refractivity contribution in [1.29, 1.82) is 0 Å². The maximum atomic E-state index is 13.6. The Hall–Kier alpha value is -0.780. The molecule has 1 aliphatic heterocycles. The van der Waals surface area contributed by atoms with Crippen LogP contribution in [0.1, 0.15) is 31.7 Å². The number of rotatable bonds is 8. The van der Waals surface area contributed by atoms with E-state index >= 15 is 0 Å². The molecule has 2 rings (SSSR count). The van der Waals surface area contributed by atoms with Crippen LogP contribution < -0.4 is 5.32 Å². The van der Waals surface area contributed by atoms with Crippen molar-refractivity contribution in [3.63, 3.8) is 0 Å². The van der Waals surface area contributed by atoms with Gasteiger partial charge in [-0.25, -0.2) is 4.39 Å². The first-order valence-corrected chi connectivity index (χ1v) is 10.1. The molecule has 1 aliphatic rings. The Balaban J connectivity index is 1.53. The molecule has 1 heterocycles. The number of carbonyl (C=O) groups is 1. The molecule has 6 heteroatoms. The molecular formula is C18H26ClFN2OS. The molecule has 1 amide bonds. The smallest absolute Gasteiger partial charge is 0.230 e. The summed E-state index contributed by atoms with van der Waals surface area (Å²) < 4.78 is 13.6. The van der Waals surface area contributed by atoms with Crippen LogP contribution in [-0.2, 0) is 10.5 Å². The molecule has 1 saturated heterocycles. The van der Waals surface area contributed by atoms with E-state index in [1.807, 2.05) is 0 Å². The average molecular weight is 373 g/mol. The number of thioether (sulfide) groups is 1. The monoisotopic (exact) mass is 372 g/mol. The molecule has 24 heavy (non-hydrogen) atoms. The van der Waals surface area contributed by atoms with Gasteiger partial charge in [-0.05, 0) is 62.5 Å². The molecule has 0 aliphatic carbocycles. The Bertz CT molecular complexity index is 536. The van der Waals surface area contributed by atoms with Gasteiger partial charge in [0.2, 0.25) is 5.91 Å². The zero-order valence-corrected chi connectivity index (χ0v) is 15.8. The predicted octanol–water partition coefficient (Wildman–Crippen LogP) is 3.95. The van der Waals surface area contributed by atoms with Crippen LogP contribution in [0.2, 0.25) is 5.02 Å². The third kappa shape index (κ3) is 6.99. The molecule has 0 saturated carbocycles. The fourth-order valence-corrected chi connectivity index (χ4v) is 3.76. The number of hydrogen-bond acceptors (Lipinski definition) is 3. The van der Waals surface area contributed by atoms with E-state index in [0.717, 1.165) is 18.9 Å². The van der Waals surface area contributed by atoms with Gasteiger partial charge in [0.05, 0.1) is 5.75 Å². The first kappa shape index (κ1) is 19.5. The fourth-order valence-electron chi connectivity index (χ4n) is 2.76. The lowest BCUT2D eigenvalue weighted by molar-refractivity contribution is -0.118. The number of carbonyl (C=O) groups excluding carboxylic acids is 1. The second-order valence-electron chi connectivity index (χ2n) is 6.46. The summed E-state index contributed by atoms with van der Waals surface area (Å²) in [5, 5.41) is 3.33. The maximum Gasteiger partial charge on any atom is 0.230 e. The molecule has 0 radical (unpaired) electrons. The SMILES string of the molecule is CC1CCN(CCCNC(=O)CSCc2ccc(Cl)cc2F)CC1. The average Bonchev–Trinajstić information content (AvgIpc) is 2.55. The van der Waals surface area contributed by atoms with Crippen LogP contribution in [-0.4, -0.2) is 42.7 Å². The predicted molar refractivity (Wildman–Crippen MR) is 100 cm³/mol. The van der Waals surface area contributed by atoms with E-state index in [2.05, 4.69) is 17.1 Å². The quantitative estimate of drug-likeness (QED) is 0.701. The minimum Gasteiger partial charge on any atom is -0.355 e. The van der Waals surface area contributed by atoms with Crippen molar-refractivity contribution in [2.24, 2.45) is 5.92 Å². The highest BCUT2D eigenvalue weighted by Gasteiger charge is 2.14. The summed E-state index contributed by atoms with van der Waals surface area (Å²) in [4.78, 5) is 14.3. The molecule has 0 spiro atoms. The summed E-state index contributed by atoms with van der Waals surface area (Å²) in [5.41, 5.74) is 0.580. The van der Waals surface area contributed by atoms with Gasteiger partial charge in [0.15, 0.2) is 0 Å². The first-order valence-electron chi connectivity index (χ1n) is 8.55. The van der Waals surface area contributed by atoms with E-state index in [0.29, 0.717) is 28.6 Å². The van der Waals surface area contributed by atoms with Crippen molar-refractivity contribution in [3.8, 4) is 0 Å². The van der Waals surface area contributed by atoms with E-state index in [9.17, 15) is 9.18 Å². The number of hydrogen-bond donors (Lipinski definition) is 1. The number of nitrogens with one attached hydrogen (secondary N) is 1. The molecule has 3 nitrogen and oxygen atoms in total. The number of piperidine rings is 1. The molecule has 0 atom stereocenters. The van der Waals surface area contributed by atoms with Crippen LogP contribution in [0.4, 0.5) is 4.39 Å². The van der Waals surface area contributed by atoms with Gasteiger partial charge in [0, 0.05) is 17.3 Å². The van der Waals surface area contributed by atoms with Crippen LogP contribution in [0, 0.1) is 11.7 Å². The molecule has 0 aromatic heterocycles. The van der Waals surface area contributed by atoms with Crippen LogP contribution in [0.25, 0.3) is 0 Å². The molecule has 1 aromatic carbocycles. The van der Waals surface area contributed by atoms with Gasteiger partial charge in [-0.1, -0.05) is 24.6 Å². The topological polar surface area (TPSA) is 32.3 Å². The lowest BCUT2D eigenvalue weighted by Gasteiger charge is -2.30. The number of halogens is 2. The third-order valence-electron chi connectivity index (χ3n) is 4.36. The van der Waals surface area contributed by atoms with E-state index < -0.39 is 0 Å². The Kier molecular flexibility index (Phi) is 8.36. The third-order valence-corrected chi connectivity index (χ3v) is 5.57. The van der Waals surface area contributed by atoms with Crippen LogP contribution in [0.5, 0.6) is 0 Å². The number of likely N-dealkylation sites (tertiary alicyclic amines) is 1. The molecule has 0 unspecified atom stereocenters. The Morgan fingerprint density at radius 1 is 1.42 bits per heavy atom. The van der Waals surface area contributed by atoms with Gasteiger partial charge >= 0.3 is 0 Å². The minimum atomic E-state index is -0.314. The van der Waals surface area contributed by atoms with E-state index in [-0.39, 0.29) is 11.7 Å². The normalized spacial score (nSPS) is 16.3. The van der Waals surface area contributed by atoms with Gasteiger partial charge in [-0.15, -0.1) is 11.8 Å². The lowest BCUT2D eigenvalue weighted by Crippen LogP contribution is -2.35. The van der Waals surface area contributed by atoms with E-state index in [1.165, 1.54) is 43.8 Å². The zero-order chi connectivity index (χ0) is 17.4. The van der Waals surface area contributed by atoms with Crippen molar-refractivity contribution in [2.45, 2.75) is 31.9 Å². The largest absolute Gasteiger partial charge is 0.355 e. The second-order valence-corrected chi connectivity index (χ2v) is 7.88. The molecule has 134 valence electrons. The van der Waals surface area contributed by atoms with E-state index in [4.69, 9.17) is 11.6 Å². The summed E-state index contributed by atoms with van der Waals surface area (Å²) in [7, 11) is 0. The molecule has 0 bridgehead atoms. The molecule has 1 N–H and O–H groups in total. The summed E-state index contributed by atoms with van der Waals surface area (Å²) in [6.45, 7) is 6.43. The highest BCUT2D eigenvalue weighted by atomic mass is 35.5. The van der Waals surface area contributed by atoms with Crippen molar-refractivity contribution < 1.29 is 9.18 Å². The van der Waals surface area contributed by atoms with E-state index in [1.54, 1.807) is 12.1 Å². The Morgan fingerprint density at radius 2 is 2.17 bits per heavy atom. The minimum absolute atomic E-state index is 0.0154. The number of nitrogens with zero attached hydrogens (tertiary/aromatic N) is 1. The van der Waals surface area contributed by atoms with Gasteiger partial charge in [-0.2, -0.15) is 0 Å². The molecular weight excluding hydrogens is 347 g/mol. The lowest BCUT2D eigenvalue weighted by atomic mass is 9.99. The summed E-state index contributed by atoms with van der Waals surface area (Å²) in [6, 6.07) is 4.64. The highest BCUT2D eigenvalue weighted by molar-refractivity contribution is 7.99. The van der Waals surface area contributed by atoms with Gasteiger partial charge < -0.3 is 10.2 Å². The highest BCUT2D eigenvalue weighted by Crippen LogP contribution is 2.19. The Labute approximate surface area is 153 Å². The van der Waals surface area contributed by atoms with Crippen molar-refractivity contribution >= 4 is 29.3 Å². The maximum absolute atomic E-state index is 13.6. The van der Waals surface area contributed by atoms with Crippen molar-refractivity contribution in [1.82, 2.24) is 10.2 Å². The van der Waals surface area contributed by atoms with Crippen LogP contribution in [0.15, 0.2) is 18.2 Å². The van der Waals surface area contributed by atoms with Crippen molar-refractivity contribution in [3.05, 3.63) is 34.6 Å². The fraction of sp³-hybridized carbons (Fsp3) is 0.611. The number of benzene rings is 1. The summed E-state index contributed by atoms with van der Waals surface area (Å²) >= 11 is 7.14. The van der Waals surface area contributed by atoms with Crippen LogP contribution in [0.3, 0.4) is 0 Å². The van der Waals surface area contributed by atoms with Crippen molar-refractivity contribution in [2.75, 3.05) is 31.9 Å². The van der Waals surface area contributed by atoms with Gasteiger partial charge in [0.25, 0.3) is 0 Å². The summed E-state index contributed by atoms with van der Waals surface area (Å²) in [6.07, 6.45) is 3.55. The second kappa shape index (κ2) is 10.3. The standard InChI is InChI=1S/C18H26ClFN2OS/c1-14-5-9-22(10-6-14)8-2-7-21-18(23)13-24-12-15-3-4-16(19)11-17(15)20/h3-4,11,14H,2,5-10,12-13H2,1H3,(H,21,23). The molecule has 1 fully saturated rings. The Morgan fingerprint density at radius 3 is 2.88 bits per heavy atom. The number of amides is 1. The molecule has 1 aromatic rings. The van der Waals surface area contributed by atoms with Gasteiger partial charge in [0.1, 0.15) is 5.82 Å². The summed E-state index contributed by atoms with van der Waals surface area (Å²) in [5.74, 6) is 1.38. The van der Waals surface area contributed by atoms with Gasteiger partial charge in [-0.3, -0.25) is 4.79 Å². The van der Waals surface area contributed by atoms with Crippen LogP contribution >= 0.6 is 23.4 Å².